The summed E-state index contributed by atoms with van der Waals surface area (Å²) in [7, 11) is 0. The molecule has 0 saturated carbocycles. The molecule has 5 heteroatoms. The number of Topliss-reactive ketones (excluding diaryl/α,β-unsaturated/α-hetero) is 1. The molecule has 0 aliphatic heterocycles. The SMILES string of the molecule is N#Cc1ccc(C(=O)Cn2cccc(Br)c2=O)cc1. The van der Waals surface area contributed by atoms with Crippen LogP contribution in [0.2, 0.25) is 0 Å². The number of pyridine rings is 1. The highest BCUT2D eigenvalue weighted by molar-refractivity contribution is 9.10. The first kappa shape index (κ1) is 13.2. The van der Waals surface area contributed by atoms with E-state index in [0.717, 1.165) is 0 Å². The van der Waals surface area contributed by atoms with Crippen LogP contribution >= 0.6 is 15.9 Å². The number of hydrogen-bond acceptors (Lipinski definition) is 3. The summed E-state index contributed by atoms with van der Waals surface area (Å²) in [6.07, 6.45) is 1.56. The number of carbonyl (C=O) groups excluding carboxylic acids is 1. The van der Waals surface area contributed by atoms with E-state index in [4.69, 9.17) is 5.26 Å². The van der Waals surface area contributed by atoms with Crippen molar-refractivity contribution in [1.82, 2.24) is 4.57 Å². The third-order valence-electron chi connectivity index (χ3n) is 2.62. The van der Waals surface area contributed by atoms with E-state index in [1.54, 1.807) is 42.6 Å². The van der Waals surface area contributed by atoms with Crippen molar-refractivity contribution in [2.24, 2.45) is 0 Å². The smallest absolute Gasteiger partial charge is 0.265 e. The van der Waals surface area contributed by atoms with Crippen molar-refractivity contribution in [2.45, 2.75) is 6.54 Å². The van der Waals surface area contributed by atoms with Crippen molar-refractivity contribution < 1.29 is 4.79 Å². The summed E-state index contributed by atoms with van der Waals surface area (Å²) in [6.45, 7) is -0.0236. The van der Waals surface area contributed by atoms with Crippen LogP contribution in [0.15, 0.2) is 51.9 Å². The molecule has 0 unspecified atom stereocenters. The van der Waals surface area contributed by atoms with Gasteiger partial charge in [0.05, 0.1) is 22.7 Å². The summed E-state index contributed by atoms with van der Waals surface area (Å²) in [5.41, 5.74) is 0.728. The Bertz CT molecular complexity index is 711. The van der Waals surface area contributed by atoms with Crippen LogP contribution in [0.4, 0.5) is 0 Å². The predicted molar refractivity (Wildman–Crippen MR) is 73.9 cm³/mol. The van der Waals surface area contributed by atoms with Crippen molar-refractivity contribution in [2.75, 3.05) is 0 Å². The topological polar surface area (TPSA) is 62.9 Å². The molecule has 0 aliphatic rings. The Morgan fingerprint density at radius 3 is 2.58 bits per heavy atom. The van der Waals surface area contributed by atoms with Crippen LogP contribution in [-0.4, -0.2) is 10.4 Å². The highest BCUT2D eigenvalue weighted by atomic mass is 79.9. The molecule has 2 rings (SSSR count). The summed E-state index contributed by atoms with van der Waals surface area (Å²) >= 11 is 3.13. The minimum absolute atomic E-state index is 0.0236. The zero-order valence-electron chi connectivity index (χ0n) is 9.84. The van der Waals surface area contributed by atoms with Gasteiger partial charge in [-0.15, -0.1) is 0 Å². The first-order valence-electron chi connectivity index (χ1n) is 5.50. The quantitative estimate of drug-likeness (QED) is 0.817. The molecule has 1 aromatic carbocycles. The Morgan fingerprint density at radius 1 is 1.26 bits per heavy atom. The van der Waals surface area contributed by atoms with Gasteiger partial charge in [-0.2, -0.15) is 5.26 Å². The lowest BCUT2D eigenvalue weighted by molar-refractivity contribution is 0.0971. The van der Waals surface area contributed by atoms with Gasteiger partial charge < -0.3 is 4.57 Å². The van der Waals surface area contributed by atoms with Gasteiger partial charge >= 0.3 is 0 Å². The van der Waals surface area contributed by atoms with Crippen molar-refractivity contribution in [3.8, 4) is 6.07 Å². The van der Waals surface area contributed by atoms with Crippen LogP contribution < -0.4 is 5.56 Å². The number of nitrogens with zero attached hydrogens (tertiary/aromatic N) is 2. The van der Waals surface area contributed by atoms with E-state index in [9.17, 15) is 9.59 Å². The van der Waals surface area contributed by atoms with Crippen LogP contribution in [0.25, 0.3) is 0 Å². The zero-order valence-corrected chi connectivity index (χ0v) is 11.4. The van der Waals surface area contributed by atoms with Crippen LogP contribution in [0.5, 0.6) is 0 Å². The predicted octanol–water partition coefficient (Wildman–Crippen LogP) is 2.37. The number of rotatable bonds is 3. The number of nitriles is 1. The molecule has 0 bridgehead atoms. The Labute approximate surface area is 118 Å². The second-order valence-corrected chi connectivity index (χ2v) is 4.76. The largest absolute Gasteiger partial charge is 0.307 e. The van der Waals surface area contributed by atoms with Gasteiger partial charge in [-0.1, -0.05) is 12.1 Å². The van der Waals surface area contributed by atoms with E-state index in [1.165, 1.54) is 4.57 Å². The molecule has 19 heavy (non-hydrogen) atoms. The average Bonchev–Trinajstić information content (AvgIpc) is 2.44. The third kappa shape index (κ3) is 2.98. The van der Waals surface area contributed by atoms with E-state index in [-0.39, 0.29) is 17.9 Å². The highest BCUT2D eigenvalue weighted by Crippen LogP contribution is 2.06. The number of carbonyl (C=O) groups is 1. The second kappa shape index (κ2) is 5.63. The van der Waals surface area contributed by atoms with Gasteiger partial charge in [0.15, 0.2) is 5.78 Å². The first-order chi connectivity index (χ1) is 9.11. The van der Waals surface area contributed by atoms with E-state index < -0.39 is 0 Å². The fourth-order valence-corrected chi connectivity index (χ4v) is 1.99. The van der Waals surface area contributed by atoms with Crippen molar-refractivity contribution in [3.63, 3.8) is 0 Å². The van der Waals surface area contributed by atoms with Crippen molar-refractivity contribution in [1.29, 1.82) is 5.26 Å². The maximum Gasteiger partial charge on any atom is 0.265 e. The second-order valence-electron chi connectivity index (χ2n) is 3.90. The number of benzene rings is 1. The van der Waals surface area contributed by atoms with Gasteiger partial charge in [0, 0.05) is 11.8 Å². The van der Waals surface area contributed by atoms with Crippen LogP contribution in [0.1, 0.15) is 15.9 Å². The molecule has 0 N–H and O–H groups in total. The molecule has 4 nitrogen and oxygen atoms in total. The fourth-order valence-electron chi connectivity index (χ4n) is 1.61. The molecular formula is C14H9BrN2O2. The van der Waals surface area contributed by atoms with Gasteiger partial charge in [-0.3, -0.25) is 9.59 Å². The zero-order chi connectivity index (χ0) is 13.8. The lowest BCUT2D eigenvalue weighted by atomic mass is 10.1. The standard InChI is InChI=1S/C14H9BrN2O2/c15-12-2-1-7-17(14(12)19)9-13(18)11-5-3-10(8-16)4-6-11/h1-7H,9H2. The van der Waals surface area contributed by atoms with E-state index in [0.29, 0.717) is 15.6 Å². The minimum atomic E-state index is -0.246. The molecule has 0 fully saturated rings. The molecule has 0 atom stereocenters. The van der Waals surface area contributed by atoms with E-state index >= 15 is 0 Å². The maximum atomic E-state index is 12.0. The van der Waals surface area contributed by atoms with Crippen LogP contribution in [0.3, 0.4) is 0 Å². The minimum Gasteiger partial charge on any atom is -0.307 e. The first-order valence-corrected chi connectivity index (χ1v) is 6.29. The highest BCUT2D eigenvalue weighted by Gasteiger charge is 2.08. The Morgan fingerprint density at radius 2 is 1.95 bits per heavy atom. The molecule has 1 heterocycles. The van der Waals surface area contributed by atoms with Crippen LogP contribution in [-0.2, 0) is 6.54 Å². The Hall–Kier alpha value is -2.19. The summed E-state index contributed by atoms with van der Waals surface area (Å²) in [5.74, 6) is -0.176. The normalized spacial score (nSPS) is 9.89. The van der Waals surface area contributed by atoms with Crippen LogP contribution in [0, 0.1) is 11.3 Å². The van der Waals surface area contributed by atoms with Gasteiger partial charge in [0.25, 0.3) is 5.56 Å². The monoisotopic (exact) mass is 316 g/mol. The molecule has 0 amide bonds. The lowest BCUT2D eigenvalue weighted by Crippen LogP contribution is -2.23. The summed E-state index contributed by atoms with van der Waals surface area (Å²) < 4.78 is 1.76. The molecule has 0 aliphatic carbocycles. The molecule has 0 spiro atoms. The van der Waals surface area contributed by atoms with Gasteiger partial charge in [-0.05, 0) is 40.2 Å². The summed E-state index contributed by atoms with van der Waals surface area (Å²) in [6, 6.07) is 11.6. The van der Waals surface area contributed by atoms with Gasteiger partial charge in [0.2, 0.25) is 0 Å². The lowest BCUT2D eigenvalue weighted by Gasteiger charge is -2.05. The number of hydrogen-bond donors (Lipinski definition) is 0. The summed E-state index contributed by atoms with van der Waals surface area (Å²) in [5, 5.41) is 8.68. The molecule has 0 saturated heterocycles. The number of ketones is 1. The number of halogens is 1. The fraction of sp³-hybridized carbons (Fsp3) is 0.0714. The van der Waals surface area contributed by atoms with Gasteiger partial charge in [-0.25, -0.2) is 0 Å². The van der Waals surface area contributed by atoms with E-state index in [1.807, 2.05) is 6.07 Å². The van der Waals surface area contributed by atoms with Gasteiger partial charge in [0.1, 0.15) is 0 Å². The molecule has 2 aromatic rings. The Kier molecular flexibility index (Phi) is 3.93. The van der Waals surface area contributed by atoms with E-state index in [2.05, 4.69) is 15.9 Å². The molecule has 1 aromatic heterocycles. The number of aromatic nitrogens is 1. The molecular weight excluding hydrogens is 308 g/mol. The van der Waals surface area contributed by atoms with Crippen molar-refractivity contribution >= 4 is 21.7 Å². The Balaban J connectivity index is 2.23. The summed E-state index contributed by atoms with van der Waals surface area (Å²) in [4.78, 5) is 23.8. The average molecular weight is 317 g/mol. The van der Waals surface area contributed by atoms with Crippen molar-refractivity contribution in [3.05, 3.63) is 68.5 Å². The maximum absolute atomic E-state index is 12.0. The molecule has 0 radical (unpaired) electrons. The molecule has 94 valence electrons. The third-order valence-corrected chi connectivity index (χ3v) is 3.23.